The van der Waals surface area contributed by atoms with Crippen molar-refractivity contribution in [1.29, 1.82) is 0 Å². The molecule has 10 heteroatoms. The largest absolute Gasteiger partial charge is 0.340 e. The summed E-state index contributed by atoms with van der Waals surface area (Å²) in [7, 11) is -0.699. The van der Waals surface area contributed by atoms with Gasteiger partial charge in [-0.2, -0.15) is 4.98 Å². The molecule has 0 bridgehead atoms. The summed E-state index contributed by atoms with van der Waals surface area (Å²) in [5.41, 5.74) is 0.796. The molecule has 0 saturated heterocycles. The Kier molecular flexibility index (Phi) is 7.43. The number of imidazole rings is 1. The zero-order valence-electron chi connectivity index (χ0n) is 16.9. The van der Waals surface area contributed by atoms with Gasteiger partial charge in [0.2, 0.25) is 21.4 Å². The first kappa shape index (κ1) is 22.9. The van der Waals surface area contributed by atoms with Gasteiger partial charge in [0, 0.05) is 25.7 Å². The van der Waals surface area contributed by atoms with E-state index in [1.54, 1.807) is 31.3 Å². The van der Waals surface area contributed by atoms with E-state index in [4.69, 9.17) is 11.6 Å². The van der Waals surface area contributed by atoms with Crippen LogP contribution in [-0.2, 0) is 21.2 Å². The fourth-order valence-electron chi connectivity index (χ4n) is 2.83. The maximum atomic E-state index is 13.2. The van der Waals surface area contributed by atoms with Crippen LogP contribution in [0.2, 0.25) is 5.02 Å². The predicted octanol–water partition coefficient (Wildman–Crippen LogP) is 2.45. The number of amides is 2. The lowest BCUT2D eigenvalue weighted by molar-refractivity contribution is -0.107. The molecule has 2 aromatic rings. The molecule has 0 N–H and O–H groups in total. The predicted molar refractivity (Wildman–Crippen MR) is 112 cm³/mol. The van der Waals surface area contributed by atoms with Gasteiger partial charge < -0.3 is 14.4 Å². The first-order chi connectivity index (χ1) is 13.7. The molecule has 0 unspecified atom stereocenters. The number of hydrogen-bond donors (Lipinski definition) is 0. The van der Waals surface area contributed by atoms with Crippen LogP contribution in [0.1, 0.15) is 36.3 Å². The summed E-state index contributed by atoms with van der Waals surface area (Å²) < 4.78 is 26.8. The van der Waals surface area contributed by atoms with E-state index in [9.17, 15) is 18.0 Å². The molecule has 0 aliphatic rings. The van der Waals surface area contributed by atoms with Crippen LogP contribution in [0.15, 0.2) is 29.4 Å². The first-order valence-corrected chi connectivity index (χ1v) is 11.2. The maximum Gasteiger partial charge on any atom is 0.274 e. The molecule has 29 heavy (non-hydrogen) atoms. The highest BCUT2D eigenvalue weighted by molar-refractivity contribution is 7.91. The monoisotopic (exact) mass is 440 g/mol. The summed E-state index contributed by atoms with van der Waals surface area (Å²) in [5, 5.41) is 0.299. The van der Waals surface area contributed by atoms with E-state index in [0.717, 1.165) is 16.9 Å². The molecule has 2 amide bonds. The first-order valence-electron chi connectivity index (χ1n) is 9.17. The minimum atomic E-state index is -3.76. The Morgan fingerprint density at radius 1 is 1.21 bits per heavy atom. The molecule has 1 aromatic heterocycles. The van der Waals surface area contributed by atoms with Gasteiger partial charge in [0.05, 0.1) is 12.3 Å². The third kappa shape index (κ3) is 4.97. The fraction of sp³-hybridized carbons (Fsp3) is 0.421. The molecule has 0 atom stereocenters. The molecule has 0 aliphatic heterocycles. The average Bonchev–Trinajstić information content (AvgIpc) is 3.08. The quantitative estimate of drug-likeness (QED) is 0.558. The van der Waals surface area contributed by atoms with E-state index >= 15 is 0 Å². The van der Waals surface area contributed by atoms with E-state index in [0.29, 0.717) is 18.0 Å². The molecule has 1 aromatic carbocycles. The van der Waals surface area contributed by atoms with Gasteiger partial charge in [-0.3, -0.25) is 9.59 Å². The number of carbonyl (C=O) groups is 2. The summed E-state index contributed by atoms with van der Waals surface area (Å²) in [6.07, 6.45) is 1.22. The minimum absolute atomic E-state index is 0.00828. The van der Waals surface area contributed by atoms with Gasteiger partial charge in [-0.25, -0.2) is 8.42 Å². The topological polar surface area (TPSA) is 92.6 Å². The molecule has 0 spiro atoms. The van der Waals surface area contributed by atoms with Crippen LogP contribution < -0.4 is 4.90 Å². The van der Waals surface area contributed by atoms with Crippen molar-refractivity contribution in [3.63, 3.8) is 0 Å². The summed E-state index contributed by atoms with van der Waals surface area (Å²) in [6, 6.07) is 6.87. The van der Waals surface area contributed by atoms with Gasteiger partial charge in [0.1, 0.15) is 0 Å². The Morgan fingerprint density at radius 2 is 1.83 bits per heavy atom. The van der Waals surface area contributed by atoms with E-state index in [-0.39, 0.29) is 29.0 Å². The third-order valence-corrected chi connectivity index (χ3v) is 6.31. The molecule has 158 valence electrons. The Labute approximate surface area is 176 Å². The standard InChI is InChI=1S/C19H25ClN4O4S/c1-5-11-22(3)18(26)16-17(23(4)13-25)21-19(29(27,28)6-2)24(16)12-14-7-9-15(20)10-8-14/h7-10,13H,5-6,11-12H2,1-4H3. The molecule has 0 radical (unpaired) electrons. The number of rotatable bonds is 9. The van der Waals surface area contributed by atoms with Gasteiger partial charge in [0.25, 0.3) is 5.91 Å². The number of hydrogen-bond acceptors (Lipinski definition) is 5. The fourth-order valence-corrected chi connectivity index (χ4v) is 3.93. The molecule has 0 fully saturated rings. The Hall–Kier alpha value is -2.39. The Bertz CT molecular complexity index is 986. The Morgan fingerprint density at radius 3 is 2.34 bits per heavy atom. The Balaban J connectivity index is 2.76. The number of benzene rings is 1. The van der Waals surface area contributed by atoms with Crippen molar-refractivity contribution < 1.29 is 18.0 Å². The normalized spacial score (nSPS) is 11.3. The number of halogens is 1. The van der Waals surface area contributed by atoms with Crippen molar-refractivity contribution in [1.82, 2.24) is 14.5 Å². The summed E-state index contributed by atoms with van der Waals surface area (Å²) in [5.74, 6) is -0.587. The maximum absolute atomic E-state index is 13.2. The second-order valence-electron chi connectivity index (χ2n) is 6.63. The van der Waals surface area contributed by atoms with E-state index in [2.05, 4.69) is 4.98 Å². The van der Waals surface area contributed by atoms with E-state index < -0.39 is 15.7 Å². The van der Waals surface area contributed by atoms with Crippen molar-refractivity contribution in [2.45, 2.75) is 32.0 Å². The summed E-state index contributed by atoms with van der Waals surface area (Å²) in [4.78, 5) is 31.4. The smallest absolute Gasteiger partial charge is 0.274 e. The number of nitrogens with zero attached hydrogens (tertiary/aromatic N) is 4. The van der Waals surface area contributed by atoms with Crippen LogP contribution in [0.3, 0.4) is 0 Å². The van der Waals surface area contributed by atoms with Gasteiger partial charge in [-0.05, 0) is 24.1 Å². The zero-order valence-corrected chi connectivity index (χ0v) is 18.5. The third-order valence-electron chi connectivity index (χ3n) is 4.43. The number of anilines is 1. The lowest BCUT2D eigenvalue weighted by atomic mass is 10.2. The molecule has 8 nitrogen and oxygen atoms in total. The van der Waals surface area contributed by atoms with Gasteiger partial charge in [-0.1, -0.05) is 37.6 Å². The second kappa shape index (κ2) is 9.41. The van der Waals surface area contributed by atoms with Crippen LogP contribution in [0.4, 0.5) is 5.82 Å². The van der Waals surface area contributed by atoms with Crippen LogP contribution in [0.5, 0.6) is 0 Å². The lowest BCUT2D eigenvalue weighted by Gasteiger charge is -2.20. The van der Waals surface area contributed by atoms with Crippen molar-refractivity contribution in [3.05, 3.63) is 40.5 Å². The number of carbonyl (C=O) groups excluding carboxylic acids is 2. The highest BCUT2D eigenvalue weighted by Gasteiger charge is 2.32. The molecular weight excluding hydrogens is 416 g/mol. The van der Waals surface area contributed by atoms with Crippen LogP contribution >= 0.6 is 11.6 Å². The van der Waals surface area contributed by atoms with Crippen LogP contribution in [0.25, 0.3) is 0 Å². The average molecular weight is 441 g/mol. The molecule has 2 rings (SSSR count). The van der Waals surface area contributed by atoms with Crippen molar-refractivity contribution in [2.24, 2.45) is 0 Å². The van der Waals surface area contributed by atoms with E-state index in [1.807, 2.05) is 6.92 Å². The van der Waals surface area contributed by atoms with Crippen LogP contribution in [-0.4, -0.2) is 61.6 Å². The number of aromatic nitrogens is 2. The van der Waals surface area contributed by atoms with Crippen molar-refractivity contribution in [2.75, 3.05) is 31.3 Å². The highest BCUT2D eigenvalue weighted by Crippen LogP contribution is 2.27. The summed E-state index contributed by atoms with van der Waals surface area (Å²) in [6.45, 7) is 4.00. The van der Waals surface area contributed by atoms with Crippen molar-refractivity contribution >= 4 is 39.6 Å². The second-order valence-corrected chi connectivity index (χ2v) is 9.23. The van der Waals surface area contributed by atoms with Crippen molar-refractivity contribution in [3.8, 4) is 0 Å². The molecule has 1 heterocycles. The van der Waals surface area contributed by atoms with Gasteiger partial charge in [-0.15, -0.1) is 0 Å². The zero-order chi connectivity index (χ0) is 21.8. The van der Waals surface area contributed by atoms with E-state index in [1.165, 1.54) is 23.4 Å². The molecule has 0 aliphatic carbocycles. The SMILES string of the molecule is CCCN(C)C(=O)c1c(N(C)C=O)nc(S(=O)(=O)CC)n1Cc1ccc(Cl)cc1. The minimum Gasteiger partial charge on any atom is -0.340 e. The number of sulfone groups is 1. The lowest BCUT2D eigenvalue weighted by Crippen LogP contribution is -2.31. The highest BCUT2D eigenvalue weighted by atomic mass is 35.5. The van der Waals surface area contributed by atoms with Crippen LogP contribution in [0, 0.1) is 0 Å². The molecule has 0 saturated carbocycles. The summed E-state index contributed by atoms with van der Waals surface area (Å²) >= 11 is 5.94. The van der Waals surface area contributed by atoms with Gasteiger partial charge in [0.15, 0.2) is 11.5 Å². The molecular formula is C19H25ClN4O4S. The van der Waals surface area contributed by atoms with Gasteiger partial charge >= 0.3 is 0 Å².